The lowest BCUT2D eigenvalue weighted by molar-refractivity contribution is 0.539. The van der Waals surface area contributed by atoms with Gasteiger partial charge in [-0.15, -0.1) is 10.2 Å². The fourth-order valence-electron chi connectivity index (χ4n) is 3.24. The van der Waals surface area contributed by atoms with E-state index in [2.05, 4.69) is 60.0 Å². The van der Waals surface area contributed by atoms with Crippen LogP contribution in [0.4, 0.5) is 0 Å². The van der Waals surface area contributed by atoms with Crippen molar-refractivity contribution in [2.24, 2.45) is 0 Å². The Bertz CT molecular complexity index is 1150. The Hall–Kier alpha value is -1.87. The molecule has 2 aromatic carbocycles. The highest BCUT2D eigenvalue weighted by Crippen LogP contribution is 2.27. The minimum absolute atomic E-state index is 0.123. The van der Waals surface area contributed by atoms with E-state index >= 15 is 0 Å². The molecule has 0 aliphatic carbocycles. The van der Waals surface area contributed by atoms with Gasteiger partial charge in [-0.1, -0.05) is 68.4 Å². The Morgan fingerprint density at radius 2 is 1.69 bits per heavy atom. The molecule has 0 saturated heterocycles. The highest BCUT2D eigenvalue weighted by Gasteiger charge is 2.23. The van der Waals surface area contributed by atoms with E-state index in [0.717, 1.165) is 10.9 Å². The van der Waals surface area contributed by atoms with Crippen molar-refractivity contribution in [2.45, 2.75) is 68.4 Å². The maximum atomic E-state index is 12.7. The van der Waals surface area contributed by atoms with Crippen LogP contribution in [0.3, 0.4) is 0 Å². The van der Waals surface area contributed by atoms with Crippen molar-refractivity contribution in [2.75, 3.05) is 0 Å². The summed E-state index contributed by atoms with van der Waals surface area (Å²) in [5.41, 5.74) is 2.62. The van der Waals surface area contributed by atoms with Crippen molar-refractivity contribution in [3.05, 3.63) is 70.5 Å². The summed E-state index contributed by atoms with van der Waals surface area (Å²) >= 11 is 7.46. The van der Waals surface area contributed by atoms with Crippen molar-refractivity contribution in [3.8, 4) is 0 Å². The predicted octanol–water partition coefficient (Wildman–Crippen LogP) is 5.58. The Kier molecular flexibility index (Phi) is 7.70. The van der Waals surface area contributed by atoms with Gasteiger partial charge in [0.05, 0.1) is 10.9 Å². The lowest BCUT2D eigenvalue weighted by atomic mass is 9.87. The number of nitrogens with one attached hydrogen (secondary N) is 1. The second-order valence-electron chi connectivity index (χ2n) is 8.62. The summed E-state index contributed by atoms with van der Waals surface area (Å²) < 4.78 is 30.1. The minimum Gasteiger partial charge on any atom is -0.305 e. The molecule has 0 aliphatic heterocycles. The van der Waals surface area contributed by atoms with Crippen LogP contribution in [-0.4, -0.2) is 23.2 Å². The number of hydrogen-bond donors (Lipinski definition) is 1. The fraction of sp³-hybridized carbons (Fsp3) is 0.391. The molecule has 0 unspecified atom stereocenters. The number of sulfonamides is 1. The van der Waals surface area contributed by atoms with Crippen molar-refractivity contribution >= 4 is 33.4 Å². The number of halogens is 1. The average Bonchev–Trinajstić information content (AvgIpc) is 3.15. The third kappa shape index (κ3) is 5.92. The lowest BCUT2D eigenvalue weighted by Gasteiger charge is -2.19. The monoisotopic (exact) mass is 492 g/mol. The van der Waals surface area contributed by atoms with Gasteiger partial charge in [0.25, 0.3) is 0 Å². The zero-order valence-corrected chi connectivity index (χ0v) is 21.4. The molecule has 0 radical (unpaired) electrons. The van der Waals surface area contributed by atoms with Crippen LogP contribution in [0.1, 0.15) is 57.6 Å². The third-order valence-corrected chi connectivity index (χ3v) is 7.94. The quantitative estimate of drug-likeness (QED) is 0.415. The second-order valence-corrected chi connectivity index (χ2v) is 11.7. The standard InChI is InChI=1S/C23H29ClN4O2S2/c1-6-28-21(16(2)27-32(29,30)20-13-11-19(24)12-14-20)25-26-22(28)31-15-17-7-9-18(10-8-17)23(3,4)5/h7-14,16,27H,6,15H2,1-5H3/t16-/m1/s1. The second kappa shape index (κ2) is 9.95. The molecule has 1 aromatic heterocycles. The molecule has 172 valence electrons. The van der Waals surface area contributed by atoms with Gasteiger partial charge < -0.3 is 4.57 Å². The normalized spacial score (nSPS) is 13.3. The molecule has 9 heteroatoms. The van der Waals surface area contributed by atoms with Crippen LogP contribution in [0.5, 0.6) is 0 Å². The molecule has 32 heavy (non-hydrogen) atoms. The summed E-state index contributed by atoms with van der Waals surface area (Å²) in [6.07, 6.45) is 0. The van der Waals surface area contributed by atoms with Gasteiger partial charge in [0.1, 0.15) is 0 Å². The number of aromatic nitrogens is 3. The lowest BCUT2D eigenvalue weighted by Crippen LogP contribution is -2.29. The molecule has 6 nitrogen and oxygen atoms in total. The van der Waals surface area contributed by atoms with Gasteiger partial charge in [-0.2, -0.15) is 0 Å². The van der Waals surface area contributed by atoms with Gasteiger partial charge in [0.15, 0.2) is 11.0 Å². The highest BCUT2D eigenvalue weighted by atomic mass is 35.5. The predicted molar refractivity (Wildman–Crippen MR) is 131 cm³/mol. The van der Waals surface area contributed by atoms with Crippen LogP contribution in [0.15, 0.2) is 58.6 Å². The van der Waals surface area contributed by atoms with E-state index in [-0.39, 0.29) is 10.3 Å². The van der Waals surface area contributed by atoms with Gasteiger partial charge in [-0.3, -0.25) is 0 Å². The first-order chi connectivity index (χ1) is 15.0. The first kappa shape index (κ1) is 24.8. The summed E-state index contributed by atoms with van der Waals surface area (Å²) in [5, 5.41) is 9.85. The average molecular weight is 493 g/mol. The van der Waals surface area contributed by atoms with E-state index < -0.39 is 16.1 Å². The van der Waals surface area contributed by atoms with Crippen molar-refractivity contribution < 1.29 is 8.42 Å². The first-order valence-electron chi connectivity index (χ1n) is 10.4. The summed E-state index contributed by atoms with van der Waals surface area (Å²) in [5.74, 6) is 1.34. The molecule has 1 heterocycles. The topological polar surface area (TPSA) is 76.9 Å². The van der Waals surface area contributed by atoms with Crippen molar-refractivity contribution in [1.29, 1.82) is 0 Å². The van der Waals surface area contributed by atoms with Crippen molar-refractivity contribution in [1.82, 2.24) is 19.5 Å². The molecule has 3 rings (SSSR count). The van der Waals surface area contributed by atoms with Crippen LogP contribution in [0.25, 0.3) is 0 Å². The number of rotatable bonds is 8. The zero-order chi connectivity index (χ0) is 23.5. The fourth-order valence-corrected chi connectivity index (χ4v) is 5.53. The summed E-state index contributed by atoms with van der Waals surface area (Å²) in [6.45, 7) is 11.0. The minimum atomic E-state index is -3.71. The maximum Gasteiger partial charge on any atom is 0.241 e. The number of thioether (sulfide) groups is 1. The molecule has 0 fully saturated rings. The number of nitrogens with zero attached hydrogens (tertiary/aromatic N) is 3. The van der Waals surface area contributed by atoms with Gasteiger partial charge in [0, 0.05) is 17.3 Å². The third-order valence-electron chi connectivity index (χ3n) is 5.09. The number of hydrogen-bond acceptors (Lipinski definition) is 5. The van der Waals surface area contributed by atoms with Gasteiger partial charge >= 0.3 is 0 Å². The Labute approximate surface area is 199 Å². The molecule has 3 aromatic rings. The van der Waals surface area contributed by atoms with Crippen LogP contribution in [-0.2, 0) is 27.7 Å². The van der Waals surface area contributed by atoms with Crippen molar-refractivity contribution in [3.63, 3.8) is 0 Å². The SMILES string of the molecule is CCn1c(SCc2ccc(C(C)(C)C)cc2)nnc1[C@@H](C)NS(=O)(=O)c1ccc(Cl)cc1. The largest absolute Gasteiger partial charge is 0.305 e. The first-order valence-corrected chi connectivity index (χ1v) is 13.3. The smallest absolute Gasteiger partial charge is 0.241 e. The van der Waals surface area contributed by atoms with E-state index in [1.165, 1.54) is 23.3 Å². The Balaban J connectivity index is 1.72. The molecule has 0 saturated carbocycles. The maximum absolute atomic E-state index is 12.7. The number of benzene rings is 2. The van der Waals surface area contributed by atoms with Gasteiger partial charge in [-0.25, -0.2) is 13.1 Å². The van der Waals surface area contributed by atoms with E-state index in [4.69, 9.17) is 11.6 Å². The Morgan fingerprint density at radius 3 is 2.25 bits per heavy atom. The van der Waals surface area contributed by atoms with E-state index in [1.807, 2.05) is 11.5 Å². The zero-order valence-electron chi connectivity index (χ0n) is 19.0. The highest BCUT2D eigenvalue weighted by molar-refractivity contribution is 7.98. The molecular weight excluding hydrogens is 464 g/mol. The molecular formula is C23H29ClN4O2S2. The van der Waals surface area contributed by atoms with E-state index in [1.54, 1.807) is 30.8 Å². The molecule has 0 spiro atoms. The summed E-state index contributed by atoms with van der Waals surface area (Å²) in [7, 11) is -3.71. The molecule has 0 amide bonds. The molecule has 1 N–H and O–H groups in total. The van der Waals surface area contributed by atoms with Gasteiger partial charge in [-0.05, 0) is 54.7 Å². The molecule has 1 atom stereocenters. The van der Waals surface area contributed by atoms with E-state index in [9.17, 15) is 8.42 Å². The van der Waals surface area contributed by atoms with E-state index in [0.29, 0.717) is 17.4 Å². The molecule has 0 aliphatic rings. The summed E-state index contributed by atoms with van der Waals surface area (Å²) in [4.78, 5) is 0.157. The van der Waals surface area contributed by atoms with Crippen LogP contribution in [0, 0.1) is 0 Å². The van der Waals surface area contributed by atoms with Gasteiger partial charge in [0.2, 0.25) is 10.0 Å². The van der Waals surface area contributed by atoms with Crippen LogP contribution < -0.4 is 4.72 Å². The Morgan fingerprint density at radius 1 is 1.06 bits per heavy atom. The van der Waals surface area contributed by atoms with Crippen LogP contribution in [0.2, 0.25) is 5.02 Å². The molecule has 0 bridgehead atoms. The van der Waals surface area contributed by atoms with Crippen LogP contribution >= 0.6 is 23.4 Å². The summed E-state index contributed by atoms with van der Waals surface area (Å²) in [6, 6.07) is 14.1.